The zero-order chi connectivity index (χ0) is 6.97. The first kappa shape index (κ1) is 8.38. The van der Waals surface area contributed by atoms with Crippen LogP contribution < -0.4 is 18.9 Å². The van der Waals surface area contributed by atoms with Crippen LogP contribution in [0.4, 0.5) is 0 Å². The first-order valence-corrected chi connectivity index (χ1v) is 3.17. The molecule has 2 aromatic rings. The Hall–Kier alpha value is -0.713. The molecule has 0 aliphatic rings. The Labute approximate surface area is 77.4 Å². The van der Waals surface area contributed by atoms with Gasteiger partial charge in [-0.05, 0) is 5.52 Å². The van der Waals surface area contributed by atoms with Gasteiger partial charge < -0.3 is 4.68 Å². The fourth-order valence-electron chi connectivity index (χ4n) is 1.02. The number of fused-ring (bicyclic) bond motifs is 1. The molecule has 0 aliphatic carbocycles. The van der Waals surface area contributed by atoms with Crippen molar-refractivity contribution in [3.8, 4) is 0 Å². The maximum Gasteiger partial charge on any atom is 1.00 e. The molecule has 0 radical (unpaired) electrons. The summed E-state index contributed by atoms with van der Waals surface area (Å²) in [7, 11) is 1.88. The molecule has 0 bridgehead atoms. The summed E-state index contributed by atoms with van der Waals surface area (Å²) in [5.74, 6) is 0. The number of nitrogens with zero attached hydrogens (tertiary/aromatic N) is 2. The fourth-order valence-corrected chi connectivity index (χ4v) is 1.02. The molecular formula is C8H7LiN2. The Morgan fingerprint density at radius 1 is 1.36 bits per heavy atom. The van der Waals surface area contributed by atoms with Crippen LogP contribution in [0.2, 0.25) is 0 Å². The van der Waals surface area contributed by atoms with E-state index in [0.717, 1.165) is 10.9 Å². The van der Waals surface area contributed by atoms with Gasteiger partial charge in [0, 0.05) is 7.05 Å². The van der Waals surface area contributed by atoms with Crippen LogP contribution in [0.25, 0.3) is 10.9 Å². The minimum atomic E-state index is 0. The van der Waals surface area contributed by atoms with Gasteiger partial charge in [-0.2, -0.15) is 6.07 Å². The quantitative estimate of drug-likeness (QED) is 0.316. The predicted octanol–water partition coefficient (Wildman–Crippen LogP) is -1.62. The Morgan fingerprint density at radius 2 is 2.09 bits per heavy atom. The number of rotatable bonds is 0. The molecule has 0 saturated carbocycles. The standard InChI is InChI=1S/C8H7N2.Li/c1-10-6-7-4-2-3-5-8(7)9-10;/h2-5H,1H3;/q-1;+1. The van der Waals surface area contributed by atoms with Crippen LogP contribution in [-0.2, 0) is 7.05 Å². The van der Waals surface area contributed by atoms with Gasteiger partial charge in [0.05, 0.1) is 0 Å². The summed E-state index contributed by atoms with van der Waals surface area (Å²) in [5.41, 5.74) is 1.00. The molecule has 0 unspecified atom stereocenters. The molecule has 11 heavy (non-hydrogen) atoms. The van der Waals surface area contributed by atoms with E-state index in [4.69, 9.17) is 0 Å². The summed E-state index contributed by atoms with van der Waals surface area (Å²) in [5, 5.41) is 5.25. The molecule has 0 N–H and O–H groups in total. The van der Waals surface area contributed by atoms with Crippen molar-refractivity contribution < 1.29 is 18.9 Å². The van der Waals surface area contributed by atoms with E-state index < -0.39 is 0 Å². The second kappa shape index (κ2) is 3.12. The van der Waals surface area contributed by atoms with E-state index in [1.165, 1.54) is 0 Å². The van der Waals surface area contributed by atoms with Crippen LogP contribution in [0, 0.1) is 6.20 Å². The molecule has 0 amide bonds. The van der Waals surface area contributed by atoms with Crippen molar-refractivity contribution in [2.24, 2.45) is 7.05 Å². The third-order valence-corrected chi connectivity index (χ3v) is 1.44. The van der Waals surface area contributed by atoms with Crippen molar-refractivity contribution in [2.75, 3.05) is 0 Å². The molecular weight excluding hydrogens is 131 g/mol. The molecule has 1 aromatic carbocycles. The van der Waals surface area contributed by atoms with E-state index >= 15 is 0 Å². The van der Waals surface area contributed by atoms with E-state index in [1.54, 1.807) is 4.68 Å². The maximum atomic E-state index is 4.17. The number of hydrogen-bond acceptors (Lipinski definition) is 1. The summed E-state index contributed by atoms with van der Waals surface area (Å²) in [6.07, 6.45) is 3.06. The number of hydrogen-bond donors (Lipinski definition) is 0. The first-order chi connectivity index (χ1) is 4.86. The normalized spacial score (nSPS) is 9.55. The minimum absolute atomic E-state index is 0. The molecule has 1 heterocycles. The van der Waals surface area contributed by atoms with Gasteiger partial charge in [0.15, 0.2) is 0 Å². The summed E-state index contributed by atoms with van der Waals surface area (Å²) < 4.78 is 1.70. The zero-order valence-electron chi connectivity index (χ0n) is 6.70. The molecule has 0 aliphatic heterocycles. The van der Waals surface area contributed by atoms with Gasteiger partial charge in [0.2, 0.25) is 0 Å². The van der Waals surface area contributed by atoms with Crippen molar-refractivity contribution in [3.05, 3.63) is 30.5 Å². The average molecular weight is 138 g/mol. The summed E-state index contributed by atoms with van der Waals surface area (Å²) >= 11 is 0. The largest absolute Gasteiger partial charge is 1.00 e. The molecule has 50 valence electrons. The summed E-state index contributed by atoms with van der Waals surface area (Å²) in [6.45, 7) is 0. The van der Waals surface area contributed by atoms with Crippen molar-refractivity contribution in [1.82, 2.24) is 9.78 Å². The van der Waals surface area contributed by atoms with Gasteiger partial charge in [0.25, 0.3) is 0 Å². The maximum absolute atomic E-state index is 4.17. The van der Waals surface area contributed by atoms with E-state index in [0.29, 0.717) is 0 Å². The van der Waals surface area contributed by atoms with Crippen molar-refractivity contribution in [1.29, 1.82) is 0 Å². The second-order valence-electron chi connectivity index (χ2n) is 2.25. The molecule has 1 aromatic heterocycles. The minimum Gasteiger partial charge on any atom is -0.343 e. The van der Waals surface area contributed by atoms with Crippen LogP contribution in [-0.4, -0.2) is 9.78 Å². The van der Waals surface area contributed by atoms with Gasteiger partial charge in [-0.25, -0.2) is 0 Å². The predicted molar refractivity (Wildman–Crippen MR) is 39.6 cm³/mol. The Kier molecular flexibility index (Phi) is 2.38. The monoisotopic (exact) mass is 138 g/mol. The third kappa shape index (κ3) is 1.47. The SMILES string of the molecule is Cn1[c-]c2ccccc2n1.[Li+]. The zero-order valence-corrected chi connectivity index (χ0v) is 6.70. The van der Waals surface area contributed by atoms with Crippen LogP contribution in [0.5, 0.6) is 0 Å². The van der Waals surface area contributed by atoms with E-state index in [1.807, 2.05) is 31.3 Å². The van der Waals surface area contributed by atoms with Gasteiger partial charge in [0.1, 0.15) is 0 Å². The molecule has 0 spiro atoms. The van der Waals surface area contributed by atoms with E-state index in [-0.39, 0.29) is 18.9 Å². The second-order valence-corrected chi connectivity index (χ2v) is 2.25. The van der Waals surface area contributed by atoms with Crippen LogP contribution in [0.1, 0.15) is 0 Å². The smallest absolute Gasteiger partial charge is 0.343 e. The number of benzene rings is 1. The number of aryl methyl sites for hydroxylation is 1. The molecule has 0 fully saturated rings. The topological polar surface area (TPSA) is 17.8 Å². The summed E-state index contributed by atoms with van der Waals surface area (Å²) in [4.78, 5) is 0. The van der Waals surface area contributed by atoms with Crippen molar-refractivity contribution >= 4 is 10.9 Å². The van der Waals surface area contributed by atoms with Crippen molar-refractivity contribution in [2.45, 2.75) is 0 Å². The molecule has 2 nitrogen and oxygen atoms in total. The van der Waals surface area contributed by atoms with E-state index in [2.05, 4.69) is 11.3 Å². The Bertz CT molecular complexity index is 321. The third-order valence-electron chi connectivity index (χ3n) is 1.44. The average Bonchev–Trinajstić information content (AvgIpc) is 2.27. The van der Waals surface area contributed by atoms with Gasteiger partial charge in [-0.15, -0.1) is 11.5 Å². The van der Waals surface area contributed by atoms with Crippen molar-refractivity contribution in [3.63, 3.8) is 0 Å². The van der Waals surface area contributed by atoms with Crippen LogP contribution >= 0.6 is 0 Å². The molecule has 0 saturated heterocycles. The molecule has 0 atom stereocenters. The first-order valence-electron chi connectivity index (χ1n) is 3.17. The van der Waals surface area contributed by atoms with Crippen LogP contribution in [0.15, 0.2) is 24.3 Å². The van der Waals surface area contributed by atoms with Gasteiger partial charge in [-0.3, -0.25) is 5.10 Å². The van der Waals surface area contributed by atoms with Gasteiger partial charge in [-0.1, -0.05) is 18.3 Å². The Balaban J connectivity index is 0.000000605. The van der Waals surface area contributed by atoms with E-state index in [9.17, 15) is 0 Å². The van der Waals surface area contributed by atoms with Crippen LogP contribution in [0.3, 0.4) is 0 Å². The molecule has 3 heteroatoms. The van der Waals surface area contributed by atoms with Gasteiger partial charge >= 0.3 is 18.9 Å². The Morgan fingerprint density at radius 3 is 2.82 bits per heavy atom. The fraction of sp³-hybridized carbons (Fsp3) is 0.125. The number of aromatic nitrogens is 2. The summed E-state index contributed by atoms with van der Waals surface area (Å²) in [6, 6.07) is 7.94. The molecule has 2 rings (SSSR count).